The van der Waals surface area contributed by atoms with Crippen molar-refractivity contribution in [2.75, 3.05) is 20.1 Å². The van der Waals surface area contributed by atoms with Crippen LogP contribution in [0.4, 0.5) is 13.2 Å². The molecule has 1 aromatic carbocycles. The molecule has 1 aromatic rings. The second-order valence-electron chi connectivity index (χ2n) is 6.67. The van der Waals surface area contributed by atoms with Gasteiger partial charge >= 0.3 is 6.18 Å². The fourth-order valence-electron chi connectivity index (χ4n) is 3.29. The number of piperidine rings is 1. The van der Waals surface area contributed by atoms with Crippen LogP contribution in [0.1, 0.15) is 37.3 Å². The zero-order chi connectivity index (χ0) is 17.7. The minimum Gasteiger partial charge on any atom is -0.341 e. The summed E-state index contributed by atoms with van der Waals surface area (Å²) >= 11 is 0. The summed E-state index contributed by atoms with van der Waals surface area (Å²) in [5, 5.41) is 3.30. The first-order valence-corrected chi connectivity index (χ1v) is 8.39. The van der Waals surface area contributed by atoms with E-state index in [2.05, 4.69) is 12.2 Å². The Morgan fingerprint density at radius 2 is 1.88 bits per heavy atom. The highest BCUT2D eigenvalue weighted by molar-refractivity contribution is 5.85. The topological polar surface area (TPSA) is 32.3 Å². The Morgan fingerprint density at radius 3 is 2.48 bits per heavy atom. The van der Waals surface area contributed by atoms with E-state index in [0.717, 1.165) is 32.0 Å². The van der Waals surface area contributed by atoms with Crippen LogP contribution < -0.4 is 5.32 Å². The van der Waals surface area contributed by atoms with Crippen molar-refractivity contribution in [2.24, 2.45) is 11.8 Å². The van der Waals surface area contributed by atoms with Crippen LogP contribution in [-0.2, 0) is 17.5 Å². The number of carbonyl (C=O) groups is 1. The third kappa shape index (κ3) is 6.19. The summed E-state index contributed by atoms with van der Waals surface area (Å²) < 4.78 is 39.1. The lowest BCUT2D eigenvalue weighted by molar-refractivity contribution is -0.139. The molecule has 1 atom stereocenters. The first-order chi connectivity index (χ1) is 11.3. The Balaban J connectivity index is 0.00000312. The molecule has 0 saturated carbocycles. The summed E-state index contributed by atoms with van der Waals surface area (Å²) in [5.74, 6) is 0.656. The predicted octanol–water partition coefficient (Wildman–Crippen LogP) is 4.11. The normalized spacial score (nSPS) is 16.8. The number of nitrogens with zero attached hydrogens (tertiary/aromatic N) is 1. The van der Waals surface area contributed by atoms with Gasteiger partial charge in [-0.3, -0.25) is 4.79 Å². The molecule has 25 heavy (non-hydrogen) atoms. The minimum absolute atomic E-state index is 0. The van der Waals surface area contributed by atoms with Crippen molar-refractivity contribution in [1.82, 2.24) is 10.2 Å². The van der Waals surface area contributed by atoms with Crippen LogP contribution in [0.25, 0.3) is 0 Å². The number of carbonyl (C=O) groups excluding carboxylic acids is 1. The molecule has 0 spiro atoms. The Hall–Kier alpha value is -1.27. The number of halogens is 4. The number of benzene rings is 1. The molecule has 1 N–H and O–H groups in total. The first-order valence-electron chi connectivity index (χ1n) is 8.39. The van der Waals surface area contributed by atoms with Gasteiger partial charge in [0, 0.05) is 20.0 Å². The van der Waals surface area contributed by atoms with Crippen molar-refractivity contribution >= 4 is 18.3 Å². The van der Waals surface area contributed by atoms with Gasteiger partial charge in [-0.2, -0.15) is 13.2 Å². The summed E-state index contributed by atoms with van der Waals surface area (Å²) in [6, 6.07) is 5.43. The summed E-state index contributed by atoms with van der Waals surface area (Å²) in [7, 11) is 1.57. The Bertz CT molecular complexity index is 559. The lowest BCUT2D eigenvalue weighted by Gasteiger charge is -2.29. The number of nitrogens with one attached hydrogen (secondary N) is 1. The number of rotatable bonds is 5. The highest BCUT2D eigenvalue weighted by atomic mass is 35.5. The Labute approximate surface area is 153 Å². The molecule has 2 rings (SSSR count). The maximum Gasteiger partial charge on any atom is 0.416 e. The molecule has 1 fully saturated rings. The van der Waals surface area contributed by atoms with Gasteiger partial charge in [0.05, 0.1) is 5.56 Å². The molecule has 1 amide bonds. The fourth-order valence-corrected chi connectivity index (χ4v) is 3.29. The zero-order valence-corrected chi connectivity index (χ0v) is 15.4. The third-order valence-corrected chi connectivity index (χ3v) is 4.84. The van der Waals surface area contributed by atoms with E-state index in [9.17, 15) is 18.0 Å². The van der Waals surface area contributed by atoms with Gasteiger partial charge in [0.2, 0.25) is 5.91 Å². The lowest BCUT2D eigenvalue weighted by atomic mass is 9.84. The fraction of sp³-hybridized carbons (Fsp3) is 0.611. The van der Waals surface area contributed by atoms with Crippen LogP contribution in [0.2, 0.25) is 0 Å². The SMILES string of the molecule is CC(CC(=O)N(C)Cc1ccccc1C(F)(F)F)C1CCNCC1.Cl. The third-order valence-electron chi connectivity index (χ3n) is 4.84. The van der Waals surface area contributed by atoms with Crippen LogP contribution >= 0.6 is 12.4 Å². The standard InChI is InChI=1S/C18H25F3N2O.ClH/c1-13(14-7-9-22-10-8-14)11-17(24)23(2)12-15-5-3-4-6-16(15)18(19,20)21;/h3-6,13-14,22H,7-12H2,1-2H3;1H. The summed E-state index contributed by atoms with van der Waals surface area (Å²) in [6.07, 6.45) is -1.91. The molecule has 1 saturated heterocycles. The van der Waals surface area contributed by atoms with Gasteiger partial charge in [-0.05, 0) is 49.4 Å². The monoisotopic (exact) mass is 378 g/mol. The summed E-state index contributed by atoms with van der Waals surface area (Å²) in [4.78, 5) is 13.8. The smallest absolute Gasteiger partial charge is 0.341 e. The van der Waals surface area contributed by atoms with E-state index in [4.69, 9.17) is 0 Å². The van der Waals surface area contributed by atoms with Crippen LogP contribution in [-0.4, -0.2) is 30.9 Å². The van der Waals surface area contributed by atoms with Crippen LogP contribution in [0.3, 0.4) is 0 Å². The van der Waals surface area contributed by atoms with Crippen molar-refractivity contribution in [3.63, 3.8) is 0 Å². The van der Waals surface area contributed by atoms with Crippen molar-refractivity contribution in [2.45, 2.75) is 38.9 Å². The van der Waals surface area contributed by atoms with E-state index in [1.807, 2.05) is 0 Å². The highest BCUT2D eigenvalue weighted by Crippen LogP contribution is 2.32. The van der Waals surface area contributed by atoms with Gasteiger partial charge in [-0.1, -0.05) is 25.1 Å². The van der Waals surface area contributed by atoms with Crippen LogP contribution in [0.5, 0.6) is 0 Å². The van der Waals surface area contributed by atoms with Crippen LogP contribution in [0, 0.1) is 11.8 Å². The molecule has 0 radical (unpaired) electrons. The van der Waals surface area contributed by atoms with Gasteiger partial charge < -0.3 is 10.2 Å². The van der Waals surface area contributed by atoms with E-state index in [0.29, 0.717) is 12.3 Å². The number of amides is 1. The molecule has 1 aliphatic rings. The average Bonchev–Trinajstić information content (AvgIpc) is 2.55. The summed E-state index contributed by atoms with van der Waals surface area (Å²) in [6.45, 7) is 3.98. The molecule has 7 heteroatoms. The predicted molar refractivity (Wildman–Crippen MR) is 94.5 cm³/mol. The van der Waals surface area contributed by atoms with E-state index in [-0.39, 0.29) is 36.3 Å². The second-order valence-corrected chi connectivity index (χ2v) is 6.67. The number of hydrogen-bond donors (Lipinski definition) is 1. The molecule has 1 aliphatic heterocycles. The number of hydrogen-bond acceptors (Lipinski definition) is 2. The molecule has 0 bridgehead atoms. The van der Waals surface area contributed by atoms with Crippen molar-refractivity contribution in [1.29, 1.82) is 0 Å². The molecule has 142 valence electrons. The van der Waals surface area contributed by atoms with Crippen molar-refractivity contribution < 1.29 is 18.0 Å². The molecule has 1 unspecified atom stereocenters. The molecule has 3 nitrogen and oxygen atoms in total. The van der Waals surface area contributed by atoms with Crippen molar-refractivity contribution in [3.8, 4) is 0 Å². The van der Waals surface area contributed by atoms with Crippen LogP contribution in [0.15, 0.2) is 24.3 Å². The Kier molecular flexibility index (Phi) is 8.22. The van der Waals surface area contributed by atoms with Gasteiger partial charge in [0.25, 0.3) is 0 Å². The zero-order valence-electron chi connectivity index (χ0n) is 14.6. The first kappa shape index (κ1) is 21.8. The lowest BCUT2D eigenvalue weighted by Crippen LogP contribution is -2.34. The summed E-state index contributed by atoms with van der Waals surface area (Å²) in [5.41, 5.74) is -0.536. The maximum absolute atomic E-state index is 13.0. The van der Waals surface area contributed by atoms with Gasteiger partial charge in [0.1, 0.15) is 0 Å². The highest BCUT2D eigenvalue weighted by Gasteiger charge is 2.33. The Morgan fingerprint density at radius 1 is 1.28 bits per heavy atom. The van der Waals surface area contributed by atoms with Crippen molar-refractivity contribution in [3.05, 3.63) is 35.4 Å². The maximum atomic E-state index is 13.0. The van der Waals surface area contributed by atoms with Gasteiger partial charge in [0.15, 0.2) is 0 Å². The average molecular weight is 379 g/mol. The van der Waals surface area contributed by atoms with Gasteiger partial charge in [-0.25, -0.2) is 0 Å². The van der Waals surface area contributed by atoms with E-state index < -0.39 is 11.7 Å². The quantitative estimate of drug-likeness (QED) is 0.836. The van der Waals surface area contributed by atoms with E-state index >= 15 is 0 Å². The largest absolute Gasteiger partial charge is 0.416 e. The molecule has 0 aromatic heterocycles. The van der Waals surface area contributed by atoms with E-state index in [1.54, 1.807) is 13.1 Å². The molecule has 1 heterocycles. The second kappa shape index (κ2) is 9.43. The van der Waals surface area contributed by atoms with Gasteiger partial charge in [-0.15, -0.1) is 12.4 Å². The minimum atomic E-state index is -4.40. The molecular formula is C18H26ClF3N2O. The number of alkyl halides is 3. The molecular weight excluding hydrogens is 353 g/mol. The molecule has 0 aliphatic carbocycles. The van der Waals surface area contributed by atoms with E-state index in [1.165, 1.54) is 17.0 Å².